The first-order chi connectivity index (χ1) is 14.6. The molecule has 0 aliphatic carbocycles. The molecule has 31 heavy (non-hydrogen) atoms. The Morgan fingerprint density at radius 3 is 2.52 bits per heavy atom. The van der Waals surface area contributed by atoms with Crippen molar-refractivity contribution < 1.29 is 19.1 Å². The van der Waals surface area contributed by atoms with Gasteiger partial charge < -0.3 is 19.9 Å². The van der Waals surface area contributed by atoms with E-state index in [1.807, 2.05) is 26.0 Å². The number of amides is 2. The maximum absolute atomic E-state index is 12.0. The fraction of sp³-hybridized carbons (Fsp3) is 0.286. The molecule has 2 aromatic rings. The van der Waals surface area contributed by atoms with Crippen molar-refractivity contribution >= 4 is 29.5 Å². The Hall–Kier alpha value is -3.95. The summed E-state index contributed by atoms with van der Waals surface area (Å²) in [6.45, 7) is 2.92. The zero-order valence-corrected chi connectivity index (χ0v) is 17.7. The van der Waals surface area contributed by atoms with E-state index in [2.05, 4.69) is 10.6 Å². The number of anilines is 1. The molecular weight excluding hydrogens is 404 g/mol. The molecule has 0 unspecified atom stereocenters. The molecule has 1 aromatic heterocycles. The largest absolute Gasteiger partial charge is 0.452 e. The number of benzene rings is 1. The molecule has 10 nitrogen and oxygen atoms in total. The van der Waals surface area contributed by atoms with Crippen LogP contribution in [0, 0.1) is 13.8 Å². The number of aryl methyl sites for hydroxylation is 2. The zero-order chi connectivity index (χ0) is 23.1. The average molecular weight is 428 g/mol. The molecule has 0 spiro atoms. The van der Waals surface area contributed by atoms with Crippen LogP contribution in [-0.4, -0.2) is 40.1 Å². The van der Waals surface area contributed by atoms with Gasteiger partial charge in [-0.2, -0.15) is 0 Å². The van der Waals surface area contributed by atoms with Crippen LogP contribution in [0.4, 0.5) is 5.69 Å². The highest BCUT2D eigenvalue weighted by Crippen LogP contribution is 2.17. The smallest absolute Gasteiger partial charge is 0.331 e. The lowest BCUT2D eigenvalue weighted by molar-refractivity contribution is -0.143. The number of aromatic nitrogens is 2. The van der Waals surface area contributed by atoms with Gasteiger partial charge in [0, 0.05) is 32.1 Å². The molecule has 0 aliphatic rings. The van der Waals surface area contributed by atoms with Crippen LogP contribution >= 0.6 is 0 Å². The van der Waals surface area contributed by atoms with E-state index in [-0.39, 0.29) is 12.1 Å². The first-order valence-corrected chi connectivity index (χ1v) is 9.34. The van der Waals surface area contributed by atoms with Gasteiger partial charge in [-0.25, -0.2) is 9.59 Å². The third-order valence-corrected chi connectivity index (χ3v) is 4.54. The van der Waals surface area contributed by atoms with Gasteiger partial charge >= 0.3 is 11.7 Å². The van der Waals surface area contributed by atoms with E-state index in [4.69, 9.17) is 4.74 Å². The van der Waals surface area contributed by atoms with Crippen molar-refractivity contribution in [2.45, 2.75) is 13.8 Å². The summed E-state index contributed by atoms with van der Waals surface area (Å²) in [5.74, 6) is -1.93. The number of carbonyl (C=O) groups is 3. The Bertz CT molecular complexity index is 1160. The van der Waals surface area contributed by atoms with E-state index in [9.17, 15) is 24.0 Å². The van der Waals surface area contributed by atoms with Crippen LogP contribution in [0.3, 0.4) is 0 Å². The minimum absolute atomic E-state index is 0.106. The maximum Gasteiger partial charge on any atom is 0.331 e. The second-order valence-corrected chi connectivity index (χ2v) is 6.86. The molecule has 2 N–H and O–H groups in total. The monoisotopic (exact) mass is 428 g/mol. The van der Waals surface area contributed by atoms with Crippen molar-refractivity contribution in [2.24, 2.45) is 14.1 Å². The number of carbonyl (C=O) groups excluding carboxylic acids is 3. The van der Waals surface area contributed by atoms with Gasteiger partial charge in [-0.1, -0.05) is 12.1 Å². The number of nitrogens with one attached hydrogen (secondary N) is 2. The van der Waals surface area contributed by atoms with Gasteiger partial charge in [-0.15, -0.1) is 0 Å². The molecule has 1 heterocycles. The summed E-state index contributed by atoms with van der Waals surface area (Å²) in [6.07, 6.45) is 3.46. The Morgan fingerprint density at radius 2 is 1.81 bits per heavy atom. The summed E-state index contributed by atoms with van der Waals surface area (Å²) < 4.78 is 6.89. The van der Waals surface area contributed by atoms with Gasteiger partial charge in [-0.05, 0) is 37.1 Å². The molecular formula is C21H24N4O6. The number of esters is 1. The van der Waals surface area contributed by atoms with Crippen LogP contribution in [0.25, 0.3) is 6.08 Å². The van der Waals surface area contributed by atoms with Crippen LogP contribution in [-0.2, 0) is 33.2 Å². The van der Waals surface area contributed by atoms with Crippen molar-refractivity contribution in [3.05, 3.63) is 68.0 Å². The summed E-state index contributed by atoms with van der Waals surface area (Å²) in [4.78, 5) is 59.2. The van der Waals surface area contributed by atoms with Crippen molar-refractivity contribution in [3.8, 4) is 0 Å². The van der Waals surface area contributed by atoms with Crippen LogP contribution in [0.2, 0.25) is 0 Å². The van der Waals surface area contributed by atoms with Crippen LogP contribution < -0.4 is 21.9 Å². The number of rotatable bonds is 7. The topological polar surface area (TPSA) is 128 Å². The molecule has 0 bridgehead atoms. The summed E-state index contributed by atoms with van der Waals surface area (Å²) in [5, 5.41) is 5.05. The molecule has 1 aromatic carbocycles. The standard InChI is InChI=1S/C21H24N4O6/c1-13-6-5-7-16(14(13)2)23-17(26)10-22-18(27)12-31-19(28)9-8-15-11-24(3)21(30)25(4)20(15)29/h5-9,11H,10,12H2,1-4H3,(H,22,27)(H,23,26)/b9-8+. The van der Waals surface area contributed by atoms with E-state index < -0.39 is 35.6 Å². The Balaban J connectivity index is 1.82. The lowest BCUT2D eigenvalue weighted by Gasteiger charge is -2.11. The molecule has 0 saturated heterocycles. The summed E-state index contributed by atoms with van der Waals surface area (Å²) >= 11 is 0. The minimum Gasteiger partial charge on any atom is -0.452 e. The van der Waals surface area contributed by atoms with Crippen molar-refractivity contribution in [2.75, 3.05) is 18.5 Å². The van der Waals surface area contributed by atoms with E-state index in [0.717, 1.165) is 21.8 Å². The van der Waals surface area contributed by atoms with Crippen molar-refractivity contribution in [1.82, 2.24) is 14.5 Å². The fourth-order valence-corrected chi connectivity index (χ4v) is 2.60. The van der Waals surface area contributed by atoms with Crippen LogP contribution in [0.1, 0.15) is 16.7 Å². The van der Waals surface area contributed by atoms with Crippen molar-refractivity contribution in [1.29, 1.82) is 0 Å². The molecule has 2 amide bonds. The van der Waals surface area contributed by atoms with Gasteiger partial charge in [-0.3, -0.25) is 19.0 Å². The molecule has 10 heteroatoms. The number of hydrogen-bond acceptors (Lipinski definition) is 6. The molecule has 0 atom stereocenters. The Labute approximate surface area is 178 Å². The predicted molar refractivity (Wildman–Crippen MR) is 114 cm³/mol. The highest BCUT2D eigenvalue weighted by atomic mass is 16.5. The lowest BCUT2D eigenvalue weighted by atomic mass is 10.1. The van der Waals surface area contributed by atoms with Crippen molar-refractivity contribution in [3.63, 3.8) is 0 Å². The van der Waals surface area contributed by atoms with Crippen LogP contribution in [0.15, 0.2) is 40.1 Å². The van der Waals surface area contributed by atoms with E-state index >= 15 is 0 Å². The quantitative estimate of drug-likeness (QED) is 0.472. The first-order valence-electron chi connectivity index (χ1n) is 9.34. The molecule has 0 radical (unpaired) electrons. The van der Waals surface area contributed by atoms with Gasteiger partial charge in [0.15, 0.2) is 6.61 Å². The number of ether oxygens (including phenoxy) is 1. The normalized spacial score (nSPS) is 10.7. The van der Waals surface area contributed by atoms with E-state index in [1.54, 1.807) is 6.07 Å². The second-order valence-electron chi connectivity index (χ2n) is 6.86. The van der Waals surface area contributed by atoms with E-state index in [0.29, 0.717) is 5.69 Å². The minimum atomic E-state index is -0.856. The molecule has 164 valence electrons. The summed E-state index contributed by atoms with van der Waals surface area (Å²) in [7, 11) is 2.79. The maximum atomic E-state index is 12.0. The SMILES string of the molecule is Cc1cccc(NC(=O)CNC(=O)COC(=O)/C=C/c2cn(C)c(=O)n(C)c2=O)c1C. The molecule has 0 fully saturated rings. The third kappa shape index (κ3) is 6.26. The summed E-state index contributed by atoms with van der Waals surface area (Å²) in [6, 6.07) is 5.49. The third-order valence-electron chi connectivity index (χ3n) is 4.54. The summed E-state index contributed by atoms with van der Waals surface area (Å²) in [5.41, 5.74) is 1.64. The lowest BCUT2D eigenvalue weighted by Crippen LogP contribution is -2.37. The van der Waals surface area contributed by atoms with E-state index in [1.165, 1.54) is 30.9 Å². The number of hydrogen-bond donors (Lipinski definition) is 2. The van der Waals surface area contributed by atoms with Gasteiger partial charge in [0.25, 0.3) is 11.5 Å². The Morgan fingerprint density at radius 1 is 1.10 bits per heavy atom. The van der Waals surface area contributed by atoms with Gasteiger partial charge in [0.2, 0.25) is 5.91 Å². The van der Waals surface area contributed by atoms with Gasteiger partial charge in [0.05, 0.1) is 12.1 Å². The van der Waals surface area contributed by atoms with Gasteiger partial charge in [0.1, 0.15) is 0 Å². The molecule has 2 rings (SSSR count). The predicted octanol–water partition coefficient (Wildman–Crippen LogP) is 0.0121. The zero-order valence-electron chi connectivity index (χ0n) is 17.7. The number of nitrogens with zero attached hydrogens (tertiary/aromatic N) is 2. The first kappa shape index (κ1) is 23.3. The molecule has 0 aliphatic heterocycles. The highest BCUT2D eigenvalue weighted by Gasteiger charge is 2.10. The second kappa shape index (κ2) is 10.2. The molecule has 0 saturated carbocycles. The fourth-order valence-electron chi connectivity index (χ4n) is 2.60. The average Bonchev–Trinajstić information content (AvgIpc) is 2.74. The van der Waals surface area contributed by atoms with Crippen LogP contribution in [0.5, 0.6) is 0 Å². The highest BCUT2D eigenvalue weighted by molar-refractivity contribution is 5.95. The Kier molecular flexibility index (Phi) is 7.67.